The lowest BCUT2D eigenvalue weighted by atomic mass is 9.58. The third-order valence-corrected chi connectivity index (χ3v) is 7.95. The predicted molar refractivity (Wildman–Crippen MR) is 141 cm³/mol. The fraction of sp³-hybridized carbons (Fsp3) is 0.267. The molecule has 2 aliphatic carbocycles. The van der Waals surface area contributed by atoms with Gasteiger partial charge in [0.1, 0.15) is 0 Å². The first-order chi connectivity index (χ1) is 17.9. The molecule has 0 N–H and O–H groups in total. The number of fused-ring (bicyclic) bond motifs is 3. The Morgan fingerprint density at radius 2 is 1.92 bits per heavy atom. The molecule has 1 aromatic carbocycles. The lowest BCUT2D eigenvalue weighted by molar-refractivity contribution is -0.121. The second-order valence-corrected chi connectivity index (χ2v) is 10.2. The molecule has 0 saturated heterocycles. The highest BCUT2D eigenvalue weighted by Gasteiger charge is 2.50. The van der Waals surface area contributed by atoms with Crippen LogP contribution in [0.2, 0.25) is 0 Å². The summed E-state index contributed by atoms with van der Waals surface area (Å²) in [6.07, 6.45) is 8.95. The van der Waals surface area contributed by atoms with Gasteiger partial charge >= 0.3 is 0 Å². The fourth-order valence-corrected chi connectivity index (χ4v) is 6.17. The first-order valence-corrected chi connectivity index (χ1v) is 12.5. The number of allylic oxidation sites excluding steroid dienone is 2. The first-order valence-electron chi connectivity index (χ1n) is 12.5. The number of pyridine rings is 1. The van der Waals surface area contributed by atoms with Crippen molar-refractivity contribution >= 4 is 5.78 Å². The predicted octanol–water partition coefficient (Wildman–Crippen LogP) is 5.54. The number of nitrogens with zero attached hydrogens (tertiary/aromatic N) is 6. The highest BCUT2D eigenvalue weighted by Crippen LogP contribution is 2.52. The van der Waals surface area contributed by atoms with Crippen LogP contribution in [0.1, 0.15) is 37.2 Å². The van der Waals surface area contributed by atoms with Gasteiger partial charge in [0.25, 0.3) is 0 Å². The second kappa shape index (κ2) is 8.59. The van der Waals surface area contributed by atoms with E-state index in [1.54, 1.807) is 12.4 Å². The molecule has 0 radical (unpaired) electrons. The molecule has 7 nitrogen and oxygen atoms in total. The molecule has 182 valence electrons. The van der Waals surface area contributed by atoms with Gasteiger partial charge in [0, 0.05) is 40.4 Å². The minimum atomic E-state index is -0.501. The number of aromatic nitrogens is 5. The fourth-order valence-electron chi connectivity index (χ4n) is 6.17. The van der Waals surface area contributed by atoms with Crippen LogP contribution in [0.5, 0.6) is 0 Å². The molecule has 3 aromatic heterocycles. The van der Waals surface area contributed by atoms with Gasteiger partial charge in [-0.2, -0.15) is 15.3 Å². The zero-order valence-corrected chi connectivity index (χ0v) is 21.0. The molecule has 0 bridgehead atoms. The number of hydrogen-bond acceptors (Lipinski definition) is 5. The Hall–Kier alpha value is -4.44. The Morgan fingerprint density at radius 1 is 1.11 bits per heavy atom. The zero-order valence-electron chi connectivity index (χ0n) is 21.0. The second-order valence-electron chi connectivity index (χ2n) is 10.2. The lowest BCUT2D eigenvalue weighted by Gasteiger charge is -2.45. The average molecular weight is 487 g/mol. The minimum Gasteiger partial charge on any atom is -0.308 e. The molecule has 37 heavy (non-hydrogen) atoms. The minimum absolute atomic E-state index is 0.0509. The van der Waals surface area contributed by atoms with E-state index in [-0.39, 0.29) is 23.3 Å². The maximum Gasteiger partial charge on any atom is 0.226 e. The topological polar surface area (TPSA) is 77.9 Å². The van der Waals surface area contributed by atoms with Crippen LogP contribution >= 0.6 is 0 Å². The van der Waals surface area contributed by atoms with Crippen LogP contribution < -0.4 is 0 Å². The summed E-state index contributed by atoms with van der Waals surface area (Å²) < 4.78 is 2.02. The molecule has 0 amide bonds. The number of carbonyl (C=O) groups excluding carboxylic acids is 1. The Labute approximate surface area is 215 Å². The van der Waals surface area contributed by atoms with E-state index in [4.69, 9.17) is 11.7 Å². The van der Waals surface area contributed by atoms with E-state index in [9.17, 15) is 4.79 Å². The Morgan fingerprint density at radius 3 is 2.62 bits per heavy atom. The number of Topliss-reactive ketones (excluding diaryl/α,β-unsaturated/α-hetero) is 1. The quantitative estimate of drug-likeness (QED) is 0.355. The zero-order chi connectivity index (χ0) is 25.7. The maximum atomic E-state index is 12.9. The monoisotopic (exact) mass is 486 g/mol. The maximum absolute atomic E-state index is 12.9. The van der Waals surface area contributed by atoms with Crippen molar-refractivity contribution < 1.29 is 4.79 Å². The number of benzene rings is 1. The number of aryl methyl sites for hydroxylation is 1. The summed E-state index contributed by atoms with van der Waals surface area (Å²) in [6, 6.07) is 14.2. The number of carbonyl (C=O) groups is 1. The summed E-state index contributed by atoms with van der Waals surface area (Å²) in [6.45, 7) is 13.7. The van der Waals surface area contributed by atoms with Crippen molar-refractivity contribution in [1.29, 1.82) is 0 Å². The molecule has 4 aromatic rings. The van der Waals surface area contributed by atoms with Crippen LogP contribution in [0.4, 0.5) is 0 Å². The summed E-state index contributed by atoms with van der Waals surface area (Å²) >= 11 is 0. The van der Waals surface area contributed by atoms with E-state index in [2.05, 4.69) is 51.2 Å². The van der Waals surface area contributed by atoms with Crippen LogP contribution in [0.25, 0.3) is 32.9 Å². The third-order valence-electron chi connectivity index (χ3n) is 7.95. The molecular weight excluding hydrogens is 460 g/mol. The summed E-state index contributed by atoms with van der Waals surface area (Å²) in [7, 11) is 0. The Bertz CT molecular complexity index is 1600. The normalized spacial score (nSPS) is 22.5. The van der Waals surface area contributed by atoms with Gasteiger partial charge in [-0.05, 0) is 61.6 Å². The van der Waals surface area contributed by atoms with Gasteiger partial charge in [-0.25, -0.2) is 9.53 Å². The summed E-state index contributed by atoms with van der Waals surface area (Å²) in [5.74, 6) is -0.173. The van der Waals surface area contributed by atoms with Crippen molar-refractivity contribution in [1.82, 2.24) is 25.0 Å². The van der Waals surface area contributed by atoms with E-state index < -0.39 is 5.41 Å². The summed E-state index contributed by atoms with van der Waals surface area (Å²) in [5, 5.41) is 13.3. The first kappa shape index (κ1) is 23.0. The molecule has 3 atom stereocenters. The number of hydrogen-bond donors (Lipinski definition) is 0. The van der Waals surface area contributed by atoms with Crippen molar-refractivity contribution in [3.63, 3.8) is 0 Å². The molecule has 7 heteroatoms. The molecule has 0 unspecified atom stereocenters. The Kier molecular flexibility index (Phi) is 5.34. The van der Waals surface area contributed by atoms with Crippen LogP contribution in [0, 0.1) is 25.3 Å². The number of rotatable bonds is 3. The highest BCUT2D eigenvalue weighted by molar-refractivity contribution is 6.00. The molecular formula is C30H26N6O. The third kappa shape index (κ3) is 3.60. The molecule has 6 rings (SSSR count). The molecule has 0 aliphatic heterocycles. The molecule has 0 spiro atoms. The summed E-state index contributed by atoms with van der Waals surface area (Å²) in [4.78, 5) is 20.9. The molecule has 0 saturated carbocycles. The largest absolute Gasteiger partial charge is 0.308 e. The standard InChI is InChI=1S/C30H26N6O/c1-18-14-22(17-33-34-18)20-7-9-23(10-8-20)36-29-24(27(35-36)21-6-5-13-32-16-21)11-12-25-19(2)28(37)26(31-4)15-30(25,29)3/h5-10,13-17,19,25H,11-12H2,1-3H3/t19-,25-,30-/m1/s1. The Balaban J connectivity index is 1.56. The van der Waals surface area contributed by atoms with Crippen molar-refractivity contribution in [3.05, 3.63) is 101 Å². The van der Waals surface area contributed by atoms with E-state index in [1.165, 1.54) is 0 Å². The van der Waals surface area contributed by atoms with Gasteiger partial charge < -0.3 is 4.79 Å². The van der Waals surface area contributed by atoms with Crippen LogP contribution in [0.15, 0.2) is 72.8 Å². The van der Waals surface area contributed by atoms with Crippen LogP contribution in [-0.4, -0.2) is 30.7 Å². The lowest BCUT2D eigenvalue weighted by Crippen LogP contribution is -2.46. The number of ketones is 1. The molecule has 3 heterocycles. The van der Waals surface area contributed by atoms with Crippen molar-refractivity contribution in [2.45, 2.75) is 39.0 Å². The summed E-state index contributed by atoms with van der Waals surface area (Å²) in [5.41, 5.74) is 7.66. The SMILES string of the molecule is [C-]#[N+]C1=C[C@@]2(C)c3c(c(-c4cccnc4)nn3-c3ccc(-c4cnnc(C)c4)cc3)CC[C@@H]2[C@@H](C)C1=O. The molecule has 0 fully saturated rings. The van der Waals surface area contributed by atoms with Gasteiger partial charge in [0.05, 0.1) is 35.5 Å². The van der Waals surface area contributed by atoms with Crippen LogP contribution in [0.3, 0.4) is 0 Å². The molecule has 2 aliphatic rings. The van der Waals surface area contributed by atoms with Gasteiger partial charge in [0.2, 0.25) is 5.70 Å². The van der Waals surface area contributed by atoms with Gasteiger partial charge in [-0.3, -0.25) is 4.98 Å². The smallest absolute Gasteiger partial charge is 0.226 e. The van der Waals surface area contributed by atoms with Gasteiger partial charge in [-0.15, -0.1) is 0 Å². The van der Waals surface area contributed by atoms with E-state index in [1.807, 2.05) is 49.0 Å². The van der Waals surface area contributed by atoms with Gasteiger partial charge in [-0.1, -0.05) is 32.1 Å². The average Bonchev–Trinajstić information content (AvgIpc) is 3.32. The van der Waals surface area contributed by atoms with E-state index >= 15 is 0 Å². The van der Waals surface area contributed by atoms with Gasteiger partial charge in [0.15, 0.2) is 5.78 Å². The van der Waals surface area contributed by atoms with Crippen LogP contribution in [-0.2, 0) is 16.6 Å². The van der Waals surface area contributed by atoms with Crippen molar-refractivity contribution in [2.24, 2.45) is 11.8 Å². The van der Waals surface area contributed by atoms with Crippen molar-refractivity contribution in [3.8, 4) is 28.1 Å². The van der Waals surface area contributed by atoms with E-state index in [0.29, 0.717) is 0 Å². The van der Waals surface area contributed by atoms with E-state index in [0.717, 1.165) is 57.9 Å². The highest BCUT2D eigenvalue weighted by atomic mass is 16.1. The van der Waals surface area contributed by atoms with Crippen molar-refractivity contribution in [2.75, 3.05) is 0 Å².